The number of benzene rings is 2. The van der Waals surface area contributed by atoms with Crippen LogP contribution in [-0.2, 0) is 0 Å². The SMILES string of the molecule is COc1ccc(-c2cc(=O)n(-c3ccc(C)c(C)c3)[nH]2)cc1. The summed E-state index contributed by atoms with van der Waals surface area (Å²) in [6, 6.07) is 15.2. The molecule has 0 aliphatic rings. The average molecular weight is 294 g/mol. The Morgan fingerprint density at radius 3 is 2.32 bits per heavy atom. The Balaban J connectivity index is 2.02. The molecule has 4 heteroatoms. The summed E-state index contributed by atoms with van der Waals surface area (Å²) in [5.41, 5.74) is 4.86. The monoisotopic (exact) mass is 294 g/mol. The minimum atomic E-state index is -0.0749. The maximum atomic E-state index is 12.2. The Bertz CT molecular complexity index is 858. The quantitative estimate of drug-likeness (QED) is 0.804. The number of nitrogens with one attached hydrogen (secondary N) is 1. The van der Waals surface area contributed by atoms with Crippen LogP contribution in [0, 0.1) is 13.8 Å². The van der Waals surface area contributed by atoms with E-state index in [1.807, 2.05) is 49.4 Å². The summed E-state index contributed by atoms with van der Waals surface area (Å²) in [6.45, 7) is 4.09. The standard InChI is InChI=1S/C18H18N2O2/c1-12-4-7-15(10-13(12)2)20-18(21)11-17(19-20)14-5-8-16(22-3)9-6-14/h4-11,19H,1-3H3. The summed E-state index contributed by atoms with van der Waals surface area (Å²) in [5, 5.41) is 3.16. The molecule has 0 bridgehead atoms. The molecule has 1 aromatic heterocycles. The van der Waals surface area contributed by atoms with Gasteiger partial charge in [0.05, 0.1) is 18.5 Å². The molecule has 0 fully saturated rings. The molecule has 0 unspecified atom stereocenters. The molecule has 1 N–H and O–H groups in total. The third-order valence-corrected chi connectivity index (χ3v) is 3.87. The predicted octanol–water partition coefficient (Wildman–Crippen LogP) is 3.46. The minimum absolute atomic E-state index is 0.0749. The normalized spacial score (nSPS) is 10.7. The van der Waals surface area contributed by atoms with E-state index in [1.165, 1.54) is 5.56 Å². The maximum absolute atomic E-state index is 12.2. The van der Waals surface area contributed by atoms with Gasteiger partial charge in [-0.25, -0.2) is 4.68 Å². The fraction of sp³-hybridized carbons (Fsp3) is 0.167. The first-order chi connectivity index (χ1) is 10.6. The molecule has 4 nitrogen and oxygen atoms in total. The molecular weight excluding hydrogens is 276 g/mol. The van der Waals surface area contributed by atoms with Gasteiger partial charge in [0.15, 0.2) is 0 Å². The van der Waals surface area contributed by atoms with Gasteiger partial charge in [0, 0.05) is 6.07 Å². The van der Waals surface area contributed by atoms with Crippen molar-refractivity contribution in [3.8, 4) is 22.7 Å². The molecule has 0 amide bonds. The molecule has 0 aliphatic carbocycles. The van der Waals surface area contributed by atoms with Gasteiger partial charge in [0.25, 0.3) is 5.56 Å². The summed E-state index contributed by atoms with van der Waals surface area (Å²) in [7, 11) is 1.63. The van der Waals surface area contributed by atoms with E-state index < -0.39 is 0 Å². The number of ether oxygens (including phenoxy) is 1. The van der Waals surface area contributed by atoms with Crippen molar-refractivity contribution in [3.63, 3.8) is 0 Å². The summed E-state index contributed by atoms with van der Waals surface area (Å²) in [4.78, 5) is 12.2. The van der Waals surface area contributed by atoms with Crippen molar-refractivity contribution in [1.82, 2.24) is 9.78 Å². The van der Waals surface area contributed by atoms with Gasteiger partial charge in [-0.15, -0.1) is 0 Å². The number of nitrogens with zero attached hydrogens (tertiary/aromatic N) is 1. The van der Waals surface area contributed by atoms with Crippen molar-refractivity contribution in [2.75, 3.05) is 7.11 Å². The number of hydrogen-bond donors (Lipinski definition) is 1. The zero-order valence-corrected chi connectivity index (χ0v) is 12.9. The number of hydrogen-bond acceptors (Lipinski definition) is 2. The van der Waals surface area contributed by atoms with Crippen molar-refractivity contribution in [1.29, 1.82) is 0 Å². The zero-order chi connectivity index (χ0) is 15.7. The molecule has 0 radical (unpaired) electrons. The highest BCUT2D eigenvalue weighted by Crippen LogP contribution is 2.20. The van der Waals surface area contributed by atoms with E-state index >= 15 is 0 Å². The first kappa shape index (κ1) is 14.2. The van der Waals surface area contributed by atoms with Crippen molar-refractivity contribution in [3.05, 3.63) is 70.0 Å². The molecule has 0 saturated heterocycles. The van der Waals surface area contributed by atoms with E-state index in [1.54, 1.807) is 17.9 Å². The number of aromatic amines is 1. The highest BCUT2D eigenvalue weighted by atomic mass is 16.5. The van der Waals surface area contributed by atoms with E-state index in [4.69, 9.17) is 4.74 Å². The molecule has 0 spiro atoms. The van der Waals surface area contributed by atoms with Crippen LogP contribution in [0.3, 0.4) is 0 Å². The Morgan fingerprint density at radius 1 is 0.955 bits per heavy atom. The molecule has 3 aromatic rings. The van der Waals surface area contributed by atoms with Crippen LogP contribution in [0.15, 0.2) is 53.3 Å². The average Bonchev–Trinajstić information content (AvgIpc) is 2.92. The topological polar surface area (TPSA) is 47.0 Å². The van der Waals surface area contributed by atoms with E-state index in [9.17, 15) is 4.79 Å². The summed E-state index contributed by atoms with van der Waals surface area (Å²) in [6.07, 6.45) is 0. The van der Waals surface area contributed by atoms with Crippen molar-refractivity contribution in [2.45, 2.75) is 13.8 Å². The minimum Gasteiger partial charge on any atom is -0.497 e. The summed E-state index contributed by atoms with van der Waals surface area (Å²) < 4.78 is 6.71. The number of aromatic nitrogens is 2. The van der Waals surface area contributed by atoms with Crippen molar-refractivity contribution < 1.29 is 4.74 Å². The smallest absolute Gasteiger partial charge is 0.271 e. The van der Waals surface area contributed by atoms with Crippen LogP contribution in [0.25, 0.3) is 16.9 Å². The lowest BCUT2D eigenvalue weighted by atomic mass is 10.1. The van der Waals surface area contributed by atoms with Crippen molar-refractivity contribution >= 4 is 0 Å². The second-order valence-electron chi connectivity index (χ2n) is 5.34. The van der Waals surface area contributed by atoms with Crippen LogP contribution >= 0.6 is 0 Å². The molecule has 1 heterocycles. The maximum Gasteiger partial charge on any atom is 0.271 e. The fourth-order valence-corrected chi connectivity index (χ4v) is 2.37. The first-order valence-electron chi connectivity index (χ1n) is 7.12. The van der Waals surface area contributed by atoms with Crippen LogP contribution in [-0.4, -0.2) is 16.9 Å². The zero-order valence-electron chi connectivity index (χ0n) is 12.9. The molecule has 0 atom stereocenters. The van der Waals surface area contributed by atoms with Crippen LogP contribution in [0.4, 0.5) is 0 Å². The number of methoxy groups -OCH3 is 1. The fourth-order valence-electron chi connectivity index (χ4n) is 2.37. The highest BCUT2D eigenvalue weighted by Gasteiger charge is 2.08. The lowest BCUT2D eigenvalue weighted by Crippen LogP contribution is -2.13. The number of H-pyrrole nitrogens is 1. The largest absolute Gasteiger partial charge is 0.497 e. The molecule has 0 aliphatic heterocycles. The summed E-state index contributed by atoms with van der Waals surface area (Å²) >= 11 is 0. The third kappa shape index (κ3) is 2.55. The molecule has 3 rings (SSSR count). The molecule has 2 aromatic carbocycles. The van der Waals surface area contributed by atoms with Gasteiger partial charge in [-0.1, -0.05) is 6.07 Å². The van der Waals surface area contributed by atoms with Gasteiger partial charge in [-0.05, 0) is 66.9 Å². The second-order valence-corrected chi connectivity index (χ2v) is 5.34. The Labute approximate surface area is 129 Å². The summed E-state index contributed by atoms with van der Waals surface area (Å²) in [5.74, 6) is 0.791. The number of rotatable bonds is 3. The van der Waals surface area contributed by atoms with Gasteiger partial charge in [-0.2, -0.15) is 0 Å². The molecule has 112 valence electrons. The van der Waals surface area contributed by atoms with Gasteiger partial charge >= 0.3 is 0 Å². The van der Waals surface area contributed by atoms with E-state index in [2.05, 4.69) is 12.0 Å². The third-order valence-electron chi connectivity index (χ3n) is 3.87. The van der Waals surface area contributed by atoms with Gasteiger partial charge in [0.1, 0.15) is 5.75 Å². The predicted molar refractivity (Wildman–Crippen MR) is 87.9 cm³/mol. The van der Waals surface area contributed by atoms with Gasteiger partial charge < -0.3 is 4.74 Å². The lowest BCUT2D eigenvalue weighted by molar-refractivity contribution is 0.415. The highest BCUT2D eigenvalue weighted by molar-refractivity contribution is 5.60. The van der Waals surface area contributed by atoms with Crippen LogP contribution < -0.4 is 10.3 Å². The molecule has 0 saturated carbocycles. The lowest BCUT2D eigenvalue weighted by Gasteiger charge is -2.06. The van der Waals surface area contributed by atoms with Gasteiger partial charge in [-0.3, -0.25) is 9.89 Å². The molecular formula is C18H18N2O2. The number of aryl methyl sites for hydroxylation is 2. The van der Waals surface area contributed by atoms with Crippen LogP contribution in [0.1, 0.15) is 11.1 Å². The van der Waals surface area contributed by atoms with E-state index in [0.29, 0.717) is 0 Å². The van der Waals surface area contributed by atoms with Crippen molar-refractivity contribution in [2.24, 2.45) is 0 Å². The Hall–Kier alpha value is -2.75. The van der Waals surface area contributed by atoms with Crippen LogP contribution in [0.5, 0.6) is 5.75 Å². The Kier molecular flexibility index (Phi) is 3.59. The van der Waals surface area contributed by atoms with E-state index in [0.717, 1.165) is 28.3 Å². The van der Waals surface area contributed by atoms with Crippen LogP contribution in [0.2, 0.25) is 0 Å². The Morgan fingerprint density at radius 2 is 1.68 bits per heavy atom. The second kappa shape index (κ2) is 5.56. The molecule has 22 heavy (non-hydrogen) atoms. The van der Waals surface area contributed by atoms with Gasteiger partial charge in [0.2, 0.25) is 0 Å². The first-order valence-corrected chi connectivity index (χ1v) is 7.12. The van der Waals surface area contributed by atoms with E-state index in [-0.39, 0.29) is 5.56 Å².